The molecular formula is C12H16BN3O2. The third-order valence-corrected chi connectivity index (χ3v) is 3.76. The first kappa shape index (κ1) is 11.7. The van der Waals surface area contributed by atoms with Gasteiger partial charge in [-0.15, -0.1) is 0 Å². The highest BCUT2D eigenvalue weighted by atomic mass is 16.7. The molecule has 1 saturated heterocycles. The third kappa shape index (κ3) is 1.64. The van der Waals surface area contributed by atoms with Crippen LogP contribution in [-0.4, -0.2) is 33.1 Å². The van der Waals surface area contributed by atoms with Crippen LogP contribution in [0.2, 0.25) is 0 Å². The number of fused-ring (bicyclic) bond motifs is 1. The van der Waals surface area contributed by atoms with Crippen molar-refractivity contribution in [3.05, 3.63) is 24.4 Å². The molecule has 3 rings (SSSR count). The van der Waals surface area contributed by atoms with Gasteiger partial charge >= 0.3 is 7.12 Å². The molecule has 1 fully saturated rings. The van der Waals surface area contributed by atoms with Crippen molar-refractivity contribution >= 4 is 18.2 Å². The van der Waals surface area contributed by atoms with Gasteiger partial charge in [-0.25, -0.2) is 0 Å². The van der Waals surface area contributed by atoms with Gasteiger partial charge in [-0.1, -0.05) is 0 Å². The van der Waals surface area contributed by atoms with E-state index in [2.05, 4.69) is 10.2 Å². The number of hydrogen-bond acceptors (Lipinski definition) is 4. The fourth-order valence-electron chi connectivity index (χ4n) is 1.93. The Morgan fingerprint density at radius 3 is 2.44 bits per heavy atom. The second-order valence-corrected chi connectivity index (χ2v) is 5.60. The Balaban J connectivity index is 1.97. The van der Waals surface area contributed by atoms with Crippen LogP contribution in [0.3, 0.4) is 0 Å². The zero-order valence-corrected chi connectivity index (χ0v) is 11.0. The fourth-order valence-corrected chi connectivity index (χ4v) is 1.93. The van der Waals surface area contributed by atoms with E-state index in [0.717, 1.165) is 11.1 Å². The predicted molar refractivity (Wildman–Crippen MR) is 68.7 cm³/mol. The summed E-state index contributed by atoms with van der Waals surface area (Å²) >= 11 is 0. The maximum Gasteiger partial charge on any atom is 0.516 e. The average Bonchev–Trinajstić information content (AvgIpc) is 2.78. The summed E-state index contributed by atoms with van der Waals surface area (Å²) in [7, 11) is -0.434. The molecular weight excluding hydrogens is 229 g/mol. The topological polar surface area (TPSA) is 48.7 Å². The summed E-state index contributed by atoms with van der Waals surface area (Å²) in [6, 6.07) is 5.77. The zero-order valence-electron chi connectivity index (χ0n) is 11.0. The summed E-state index contributed by atoms with van der Waals surface area (Å²) in [6.07, 6.45) is 1.70. The molecule has 0 saturated carbocycles. The minimum Gasteiger partial charge on any atom is -0.398 e. The third-order valence-electron chi connectivity index (χ3n) is 3.76. The second kappa shape index (κ2) is 3.55. The van der Waals surface area contributed by atoms with E-state index >= 15 is 0 Å². The highest BCUT2D eigenvalue weighted by Crippen LogP contribution is 2.36. The Morgan fingerprint density at radius 1 is 1.17 bits per heavy atom. The first-order valence-electron chi connectivity index (χ1n) is 6.06. The van der Waals surface area contributed by atoms with Crippen LogP contribution >= 0.6 is 0 Å². The van der Waals surface area contributed by atoms with Crippen molar-refractivity contribution in [2.24, 2.45) is 0 Å². The van der Waals surface area contributed by atoms with Crippen molar-refractivity contribution in [1.29, 1.82) is 0 Å². The van der Waals surface area contributed by atoms with Crippen LogP contribution in [0.1, 0.15) is 27.7 Å². The highest BCUT2D eigenvalue weighted by Gasteiger charge is 2.52. The van der Waals surface area contributed by atoms with E-state index < -0.39 is 7.12 Å². The molecule has 1 aliphatic heterocycles. The molecule has 0 amide bonds. The van der Waals surface area contributed by atoms with E-state index in [1.807, 2.05) is 45.9 Å². The quantitative estimate of drug-likeness (QED) is 0.704. The Labute approximate surface area is 106 Å². The van der Waals surface area contributed by atoms with Crippen molar-refractivity contribution in [3.63, 3.8) is 0 Å². The van der Waals surface area contributed by atoms with Crippen LogP contribution in [0.5, 0.6) is 0 Å². The van der Waals surface area contributed by atoms with Crippen molar-refractivity contribution in [2.75, 3.05) is 0 Å². The van der Waals surface area contributed by atoms with Gasteiger partial charge in [0.25, 0.3) is 0 Å². The summed E-state index contributed by atoms with van der Waals surface area (Å²) in [6.45, 7) is 8.12. The van der Waals surface area contributed by atoms with E-state index in [-0.39, 0.29) is 11.2 Å². The lowest BCUT2D eigenvalue weighted by atomic mass is 9.85. The van der Waals surface area contributed by atoms with Crippen LogP contribution in [-0.2, 0) is 9.31 Å². The summed E-state index contributed by atoms with van der Waals surface area (Å²) in [5, 5.41) is 8.52. The normalized spacial score (nSPS) is 21.7. The molecule has 6 heteroatoms. The molecule has 0 radical (unpaired) electrons. The molecule has 0 aliphatic carbocycles. The van der Waals surface area contributed by atoms with Gasteiger partial charge in [0.2, 0.25) is 0 Å². The maximum atomic E-state index is 5.95. The summed E-state index contributed by atoms with van der Waals surface area (Å²) < 4.78 is 13.5. The van der Waals surface area contributed by atoms with Gasteiger partial charge in [0.15, 0.2) is 0 Å². The van der Waals surface area contributed by atoms with Crippen molar-refractivity contribution in [2.45, 2.75) is 38.9 Å². The summed E-state index contributed by atoms with van der Waals surface area (Å²) in [4.78, 5) is 0. The number of nitrogens with zero attached hydrogens (tertiary/aromatic N) is 3. The fraction of sp³-hybridized carbons (Fsp3) is 0.500. The van der Waals surface area contributed by atoms with Gasteiger partial charge in [0.05, 0.1) is 22.3 Å². The van der Waals surface area contributed by atoms with Crippen molar-refractivity contribution < 1.29 is 9.31 Å². The standard InChI is InChI=1S/C12H16BN3O2/c1-11(2)12(3,4)18-13(17-11)10-8-9-6-5-7-14-16(9)15-10/h5-8H,1-4H3. The molecule has 0 bridgehead atoms. The molecule has 2 aromatic rings. The lowest BCUT2D eigenvalue weighted by molar-refractivity contribution is 0.00578. The highest BCUT2D eigenvalue weighted by molar-refractivity contribution is 6.61. The van der Waals surface area contributed by atoms with Gasteiger partial charge < -0.3 is 9.31 Å². The molecule has 0 spiro atoms. The lowest BCUT2D eigenvalue weighted by Crippen LogP contribution is -2.41. The Hall–Kier alpha value is -1.40. The van der Waals surface area contributed by atoms with E-state index in [1.54, 1.807) is 10.8 Å². The van der Waals surface area contributed by atoms with Crippen LogP contribution in [0.25, 0.3) is 5.52 Å². The van der Waals surface area contributed by atoms with E-state index in [9.17, 15) is 0 Å². The minimum absolute atomic E-state index is 0.346. The largest absolute Gasteiger partial charge is 0.516 e. The maximum absolute atomic E-state index is 5.95. The molecule has 5 nitrogen and oxygen atoms in total. The summed E-state index contributed by atoms with van der Waals surface area (Å²) in [5.74, 6) is 0. The molecule has 2 aromatic heterocycles. The van der Waals surface area contributed by atoms with Crippen molar-refractivity contribution in [3.8, 4) is 0 Å². The number of rotatable bonds is 1. The molecule has 18 heavy (non-hydrogen) atoms. The smallest absolute Gasteiger partial charge is 0.398 e. The lowest BCUT2D eigenvalue weighted by Gasteiger charge is -2.32. The zero-order chi connectivity index (χ0) is 13.0. The van der Waals surface area contributed by atoms with Gasteiger partial charge in [-0.2, -0.15) is 14.8 Å². The average molecular weight is 245 g/mol. The number of aromatic nitrogens is 3. The molecule has 0 N–H and O–H groups in total. The first-order chi connectivity index (χ1) is 8.39. The Kier molecular flexibility index (Phi) is 2.31. The van der Waals surface area contributed by atoms with Gasteiger partial charge in [-0.3, -0.25) is 0 Å². The van der Waals surface area contributed by atoms with Crippen molar-refractivity contribution in [1.82, 2.24) is 14.8 Å². The van der Waals surface area contributed by atoms with Gasteiger partial charge in [0.1, 0.15) is 0 Å². The van der Waals surface area contributed by atoms with Crippen LogP contribution in [0.4, 0.5) is 0 Å². The van der Waals surface area contributed by atoms with E-state index in [1.165, 1.54) is 0 Å². The predicted octanol–water partition coefficient (Wildman–Crippen LogP) is 1.03. The van der Waals surface area contributed by atoms with E-state index in [0.29, 0.717) is 0 Å². The monoisotopic (exact) mass is 245 g/mol. The van der Waals surface area contributed by atoms with Crippen LogP contribution in [0.15, 0.2) is 24.4 Å². The molecule has 0 aromatic carbocycles. The molecule has 0 atom stereocenters. The molecule has 0 unspecified atom stereocenters. The first-order valence-corrected chi connectivity index (χ1v) is 6.06. The molecule has 94 valence electrons. The summed E-state index contributed by atoms with van der Waals surface area (Å²) in [5.41, 5.74) is 0.997. The Morgan fingerprint density at radius 2 is 1.83 bits per heavy atom. The number of hydrogen-bond donors (Lipinski definition) is 0. The van der Waals surface area contributed by atoms with Gasteiger partial charge in [-0.05, 0) is 45.9 Å². The van der Waals surface area contributed by atoms with Crippen LogP contribution < -0.4 is 5.59 Å². The van der Waals surface area contributed by atoms with Gasteiger partial charge in [0, 0.05) is 6.20 Å². The SMILES string of the molecule is CC1(C)OB(c2cc3cccnn3n2)OC1(C)C. The Bertz CT molecular complexity index is 545. The minimum atomic E-state index is -0.434. The van der Waals surface area contributed by atoms with E-state index in [4.69, 9.17) is 9.31 Å². The molecule has 3 heterocycles. The van der Waals surface area contributed by atoms with Crippen LogP contribution in [0, 0.1) is 0 Å². The second-order valence-electron chi connectivity index (χ2n) is 5.60. The molecule has 1 aliphatic rings.